The molecule has 0 saturated carbocycles. The van der Waals surface area contributed by atoms with Crippen LogP contribution in [0.4, 0.5) is 0 Å². The van der Waals surface area contributed by atoms with Crippen molar-refractivity contribution in [2.45, 2.75) is 38.3 Å². The number of nitrogens with zero attached hydrogens (tertiary/aromatic N) is 1. The first-order chi connectivity index (χ1) is 8.51. The molecule has 0 spiro atoms. The molecule has 1 rings (SSSR count). The van der Waals surface area contributed by atoms with E-state index in [2.05, 4.69) is 38.1 Å². The van der Waals surface area contributed by atoms with E-state index in [0.717, 1.165) is 12.0 Å². The normalized spacial score (nSPS) is 16.6. The lowest BCUT2D eigenvalue weighted by atomic mass is 9.94. The van der Waals surface area contributed by atoms with Gasteiger partial charge in [0.15, 0.2) is 0 Å². The number of aliphatic hydroxyl groups excluding tert-OH is 1. The van der Waals surface area contributed by atoms with Gasteiger partial charge < -0.3 is 15.7 Å². The second kappa shape index (κ2) is 6.88. The summed E-state index contributed by atoms with van der Waals surface area (Å²) in [4.78, 5) is 2.01. The van der Waals surface area contributed by atoms with Gasteiger partial charge in [0, 0.05) is 6.54 Å². The van der Waals surface area contributed by atoms with E-state index in [1.54, 1.807) is 0 Å². The Balaban J connectivity index is 2.94. The van der Waals surface area contributed by atoms with Crippen molar-refractivity contribution >= 4 is 0 Å². The molecule has 0 fully saturated rings. The highest BCUT2D eigenvalue weighted by atomic mass is 16.3. The third-order valence-electron chi connectivity index (χ3n) is 3.62. The number of hydrogen-bond donors (Lipinski definition) is 2. The zero-order valence-electron chi connectivity index (χ0n) is 11.9. The van der Waals surface area contributed by atoms with Crippen molar-refractivity contribution in [2.24, 2.45) is 5.73 Å². The van der Waals surface area contributed by atoms with Crippen LogP contribution in [-0.4, -0.2) is 36.8 Å². The van der Waals surface area contributed by atoms with Gasteiger partial charge in [0.05, 0.1) is 12.1 Å². The number of nitrogens with two attached hydrogens (primary N) is 1. The second-order valence-electron chi connectivity index (χ2n) is 5.19. The zero-order valence-corrected chi connectivity index (χ0v) is 11.9. The minimum atomic E-state index is -0.533. The molecule has 0 saturated heterocycles. The maximum Gasteiger partial charge on any atom is 0.0858 e. The molecule has 1 aromatic carbocycles. The van der Waals surface area contributed by atoms with Crippen molar-refractivity contribution < 1.29 is 5.11 Å². The molecule has 0 aliphatic carbocycles. The maximum atomic E-state index is 10.00. The molecule has 3 heteroatoms. The fourth-order valence-corrected chi connectivity index (χ4v) is 2.25. The Morgan fingerprint density at radius 2 is 1.67 bits per heavy atom. The first kappa shape index (κ1) is 15.2. The van der Waals surface area contributed by atoms with Crippen LogP contribution in [0.3, 0.4) is 0 Å². The van der Waals surface area contributed by atoms with E-state index < -0.39 is 6.10 Å². The topological polar surface area (TPSA) is 49.5 Å². The summed E-state index contributed by atoms with van der Waals surface area (Å²) < 4.78 is 0. The fraction of sp³-hybridized carbons (Fsp3) is 0.600. The van der Waals surface area contributed by atoms with Crippen LogP contribution in [0.25, 0.3) is 0 Å². The van der Waals surface area contributed by atoms with Gasteiger partial charge in [-0.05, 0) is 37.6 Å². The van der Waals surface area contributed by atoms with Crippen molar-refractivity contribution in [1.82, 2.24) is 4.90 Å². The number of aliphatic hydroxyl groups is 1. The number of benzene rings is 1. The van der Waals surface area contributed by atoms with E-state index in [9.17, 15) is 5.11 Å². The summed E-state index contributed by atoms with van der Waals surface area (Å²) in [7, 11) is 3.93. The van der Waals surface area contributed by atoms with E-state index in [1.165, 1.54) is 5.56 Å². The summed E-state index contributed by atoms with van der Waals surface area (Å²) in [5, 5.41) is 10.00. The van der Waals surface area contributed by atoms with Gasteiger partial charge in [-0.1, -0.05) is 38.1 Å². The molecule has 3 N–H and O–H groups in total. The van der Waals surface area contributed by atoms with E-state index in [0.29, 0.717) is 5.92 Å². The summed E-state index contributed by atoms with van der Waals surface area (Å²) in [5.41, 5.74) is 8.03. The van der Waals surface area contributed by atoms with Crippen LogP contribution in [-0.2, 0) is 0 Å². The van der Waals surface area contributed by atoms with Crippen LogP contribution in [0.5, 0.6) is 0 Å². The maximum absolute atomic E-state index is 10.00. The van der Waals surface area contributed by atoms with E-state index in [-0.39, 0.29) is 12.6 Å². The van der Waals surface area contributed by atoms with E-state index in [1.807, 2.05) is 19.0 Å². The summed E-state index contributed by atoms with van der Waals surface area (Å²) in [5.74, 6) is 0.580. The molecule has 3 atom stereocenters. The molecule has 0 aliphatic rings. The van der Waals surface area contributed by atoms with Crippen LogP contribution in [0.15, 0.2) is 24.3 Å². The van der Waals surface area contributed by atoms with Gasteiger partial charge in [0.25, 0.3) is 0 Å². The molecular formula is C15H26N2O. The van der Waals surface area contributed by atoms with Gasteiger partial charge in [-0.3, -0.25) is 0 Å². The lowest BCUT2D eigenvalue weighted by Gasteiger charge is -2.29. The Bertz CT molecular complexity index is 348. The SMILES string of the molecule is CCC(C)c1ccc(C(C(O)CN)N(C)C)cc1. The molecule has 0 radical (unpaired) electrons. The Morgan fingerprint density at radius 1 is 1.17 bits per heavy atom. The lowest BCUT2D eigenvalue weighted by Crippen LogP contribution is -2.36. The zero-order chi connectivity index (χ0) is 13.7. The summed E-state index contributed by atoms with van der Waals surface area (Å²) in [6, 6.07) is 8.48. The Kier molecular flexibility index (Phi) is 5.79. The second-order valence-corrected chi connectivity index (χ2v) is 5.19. The van der Waals surface area contributed by atoms with Crippen molar-refractivity contribution in [3.05, 3.63) is 35.4 Å². The molecular weight excluding hydrogens is 224 g/mol. The van der Waals surface area contributed by atoms with Crippen LogP contribution in [0, 0.1) is 0 Å². The monoisotopic (exact) mass is 250 g/mol. The number of likely N-dealkylation sites (N-methyl/N-ethyl adjacent to an activating group) is 1. The number of rotatable bonds is 6. The van der Waals surface area contributed by atoms with Gasteiger partial charge in [-0.15, -0.1) is 0 Å². The average molecular weight is 250 g/mol. The van der Waals surface area contributed by atoms with Crippen molar-refractivity contribution in [1.29, 1.82) is 0 Å². The fourth-order valence-electron chi connectivity index (χ4n) is 2.25. The smallest absolute Gasteiger partial charge is 0.0858 e. The molecule has 3 nitrogen and oxygen atoms in total. The number of hydrogen-bond acceptors (Lipinski definition) is 3. The molecule has 1 aromatic rings. The van der Waals surface area contributed by atoms with Crippen LogP contribution in [0.1, 0.15) is 43.4 Å². The minimum absolute atomic E-state index is 0.0408. The van der Waals surface area contributed by atoms with Gasteiger partial charge in [0.2, 0.25) is 0 Å². The molecule has 0 heterocycles. The van der Waals surface area contributed by atoms with Crippen LogP contribution >= 0.6 is 0 Å². The largest absolute Gasteiger partial charge is 0.390 e. The highest BCUT2D eigenvalue weighted by molar-refractivity contribution is 5.27. The first-order valence-corrected chi connectivity index (χ1v) is 6.65. The van der Waals surface area contributed by atoms with Crippen LogP contribution < -0.4 is 5.73 Å². The van der Waals surface area contributed by atoms with Gasteiger partial charge >= 0.3 is 0 Å². The van der Waals surface area contributed by atoms with Crippen molar-refractivity contribution in [3.63, 3.8) is 0 Å². The predicted molar refractivity (Wildman–Crippen MR) is 76.6 cm³/mol. The van der Waals surface area contributed by atoms with Gasteiger partial charge in [-0.2, -0.15) is 0 Å². The molecule has 18 heavy (non-hydrogen) atoms. The van der Waals surface area contributed by atoms with Crippen molar-refractivity contribution in [3.8, 4) is 0 Å². The highest BCUT2D eigenvalue weighted by Gasteiger charge is 2.22. The quantitative estimate of drug-likeness (QED) is 0.813. The Hall–Kier alpha value is -0.900. The highest BCUT2D eigenvalue weighted by Crippen LogP contribution is 2.25. The molecule has 0 bridgehead atoms. The van der Waals surface area contributed by atoms with Crippen LogP contribution in [0.2, 0.25) is 0 Å². The summed E-state index contributed by atoms with van der Waals surface area (Å²) in [6.45, 7) is 4.70. The third kappa shape index (κ3) is 3.55. The van der Waals surface area contributed by atoms with Gasteiger partial charge in [0.1, 0.15) is 0 Å². The molecule has 3 unspecified atom stereocenters. The molecule has 0 aliphatic heterocycles. The summed E-state index contributed by atoms with van der Waals surface area (Å²) in [6.07, 6.45) is 0.608. The third-order valence-corrected chi connectivity index (χ3v) is 3.62. The van der Waals surface area contributed by atoms with Gasteiger partial charge in [-0.25, -0.2) is 0 Å². The van der Waals surface area contributed by atoms with Crippen molar-refractivity contribution in [2.75, 3.05) is 20.6 Å². The molecule has 102 valence electrons. The molecule has 0 amide bonds. The minimum Gasteiger partial charge on any atom is -0.390 e. The van der Waals surface area contributed by atoms with E-state index >= 15 is 0 Å². The lowest BCUT2D eigenvalue weighted by molar-refractivity contribution is 0.0823. The standard InChI is InChI=1S/C15H26N2O/c1-5-11(2)12-6-8-13(9-7-12)15(17(3)4)14(18)10-16/h6-9,11,14-15,18H,5,10,16H2,1-4H3. The molecule has 0 aromatic heterocycles. The summed E-state index contributed by atoms with van der Waals surface area (Å²) >= 11 is 0. The van der Waals surface area contributed by atoms with E-state index in [4.69, 9.17) is 5.73 Å². The Morgan fingerprint density at radius 3 is 2.06 bits per heavy atom. The average Bonchev–Trinajstić information content (AvgIpc) is 2.38. The Labute approximate surface area is 111 Å². The predicted octanol–water partition coefficient (Wildman–Crippen LogP) is 2.12. The first-order valence-electron chi connectivity index (χ1n) is 6.65.